The predicted molar refractivity (Wildman–Crippen MR) is 63.2 cm³/mol. The topological polar surface area (TPSA) is 109 Å². The molecule has 1 aromatic carbocycles. The fourth-order valence-electron chi connectivity index (χ4n) is 1.48. The minimum atomic E-state index is -3.34. The molecule has 0 saturated carbocycles. The fraction of sp³-hybridized carbons (Fsp3) is 0.100. The number of nitrogens with two attached hydrogens (primary N) is 1. The van der Waals surface area contributed by atoms with Crippen LogP contribution >= 0.6 is 0 Å². The normalized spacial score (nSPS) is 11.6. The largest absolute Gasteiger partial charge is 0.507 e. The van der Waals surface area contributed by atoms with Crippen LogP contribution in [0.1, 0.15) is 0 Å². The highest BCUT2D eigenvalue weighted by Crippen LogP contribution is 2.33. The van der Waals surface area contributed by atoms with Gasteiger partial charge in [0.15, 0.2) is 9.84 Å². The van der Waals surface area contributed by atoms with Crippen LogP contribution in [0.4, 0.5) is 5.82 Å². The van der Waals surface area contributed by atoms with Crippen molar-refractivity contribution in [1.29, 1.82) is 0 Å². The molecule has 0 aliphatic heterocycles. The van der Waals surface area contributed by atoms with Crippen molar-refractivity contribution in [3.63, 3.8) is 0 Å². The summed E-state index contributed by atoms with van der Waals surface area (Å²) < 4.78 is 22.6. The van der Waals surface area contributed by atoms with Crippen LogP contribution in [0.5, 0.6) is 5.75 Å². The third-order valence-corrected chi connectivity index (χ3v) is 3.47. The first-order valence-electron chi connectivity index (χ1n) is 4.72. The summed E-state index contributed by atoms with van der Waals surface area (Å²) in [7, 11) is -3.34. The number of phenolic OH excluding ortho intramolecular Hbond substituents is 1. The van der Waals surface area contributed by atoms with Crippen molar-refractivity contribution in [2.45, 2.75) is 4.90 Å². The van der Waals surface area contributed by atoms with Crippen molar-refractivity contribution >= 4 is 15.7 Å². The van der Waals surface area contributed by atoms with Crippen molar-refractivity contribution in [3.8, 4) is 16.9 Å². The molecule has 90 valence electrons. The van der Waals surface area contributed by atoms with E-state index in [-0.39, 0.29) is 10.6 Å². The Morgan fingerprint density at radius 1 is 1.35 bits per heavy atom. The van der Waals surface area contributed by atoms with E-state index in [1.807, 2.05) is 0 Å². The highest BCUT2D eigenvalue weighted by molar-refractivity contribution is 7.90. The van der Waals surface area contributed by atoms with Crippen molar-refractivity contribution in [2.75, 3.05) is 12.0 Å². The molecule has 0 saturated heterocycles. The number of H-pyrrole nitrogens is 1. The first-order valence-corrected chi connectivity index (χ1v) is 6.61. The van der Waals surface area contributed by atoms with Crippen molar-refractivity contribution in [3.05, 3.63) is 24.4 Å². The van der Waals surface area contributed by atoms with Gasteiger partial charge in [0.1, 0.15) is 11.6 Å². The lowest BCUT2D eigenvalue weighted by atomic mass is 10.1. The zero-order valence-electron chi connectivity index (χ0n) is 9.01. The molecule has 0 fully saturated rings. The number of nitrogen functional groups attached to an aromatic ring is 1. The van der Waals surface area contributed by atoms with Crippen LogP contribution < -0.4 is 5.73 Å². The third kappa shape index (κ3) is 2.09. The van der Waals surface area contributed by atoms with E-state index in [4.69, 9.17) is 5.73 Å². The highest BCUT2D eigenvalue weighted by Gasteiger charge is 2.13. The van der Waals surface area contributed by atoms with Crippen molar-refractivity contribution < 1.29 is 13.5 Å². The third-order valence-electron chi connectivity index (χ3n) is 2.36. The maximum atomic E-state index is 11.3. The SMILES string of the molecule is CS(=O)(=O)c1ccc(-c2cn[nH]c2N)c(O)c1. The van der Waals surface area contributed by atoms with E-state index < -0.39 is 9.84 Å². The number of benzene rings is 1. The maximum Gasteiger partial charge on any atom is 0.175 e. The van der Waals surface area contributed by atoms with E-state index >= 15 is 0 Å². The average molecular weight is 253 g/mol. The van der Waals surface area contributed by atoms with E-state index in [0.717, 1.165) is 6.26 Å². The number of anilines is 1. The molecule has 7 heteroatoms. The van der Waals surface area contributed by atoms with Gasteiger partial charge in [0.25, 0.3) is 0 Å². The summed E-state index contributed by atoms with van der Waals surface area (Å²) in [4.78, 5) is 0.0563. The Bertz CT molecular complexity index is 661. The van der Waals surface area contributed by atoms with Crippen molar-refractivity contribution in [1.82, 2.24) is 10.2 Å². The van der Waals surface area contributed by atoms with Gasteiger partial charge in [0.05, 0.1) is 11.1 Å². The second-order valence-electron chi connectivity index (χ2n) is 3.65. The highest BCUT2D eigenvalue weighted by atomic mass is 32.2. The predicted octanol–water partition coefficient (Wildman–Crippen LogP) is 0.768. The second-order valence-corrected chi connectivity index (χ2v) is 5.66. The van der Waals surface area contributed by atoms with Crippen LogP contribution in [-0.4, -0.2) is 30.0 Å². The first kappa shape index (κ1) is 11.5. The molecule has 0 radical (unpaired) electrons. The summed E-state index contributed by atoms with van der Waals surface area (Å²) >= 11 is 0. The molecule has 0 unspecified atom stereocenters. The lowest BCUT2D eigenvalue weighted by Crippen LogP contribution is -1.97. The number of aromatic amines is 1. The number of hydrogen-bond acceptors (Lipinski definition) is 5. The standard InChI is InChI=1S/C10H11N3O3S/c1-17(15,16)6-2-3-7(9(14)4-6)8-5-12-13-10(8)11/h2-5,14H,1H3,(H3,11,12,13). The number of phenols is 1. The fourth-order valence-corrected chi connectivity index (χ4v) is 2.12. The van der Waals surface area contributed by atoms with Gasteiger partial charge in [-0.25, -0.2) is 8.42 Å². The molecule has 1 aromatic heterocycles. The quantitative estimate of drug-likeness (QED) is 0.732. The van der Waals surface area contributed by atoms with E-state index in [2.05, 4.69) is 10.2 Å². The average Bonchev–Trinajstić information content (AvgIpc) is 2.63. The summed E-state index contributed by atoms with van der Waals surface area (Å²) in [6.07, 6.45) is 2.54. The van der Waals surface area contributed by atoms with Gasteiger partial charge in [-0.1, -0.05) is 0 Å². The van der Waals surface area contributed by atoms with Gasteiger partial charge in [0.2, 0.25) is 0 Å². The number of aromatic nitrogens is 2. The summed E-state index contributed by atoms with van der Waals surface area (Å²) in [6, 6.07) is 4.10. The zero-order valence-corrected chi connectivity index (χ0v) is 9.82. The van der Waals surface area contributed by atoms with Crippen LogP contribution in [-0.2, 0) is 9.84 Å². The lowest BCUT2D eigenvalue weighted by molar-refractivity contribution is 0.475. The van der Waals surface area contributed by atoms with Crippen LogP contribution in [0.25, 0.3) is 11.1 Å². The molecule has 1 heterocycles. The van der Waals surface area contributed by atoms with Crippen LogP contribution in [0.3, 0.4) is 0 Å². The van der Waals surface area contributed by atoms with E-state index in [0.29, 0.717) is 16.9 Å². The van der Waals surface area contributed by atoms with Gasteiger partial charge in [-0.15, -0.1) is 0 Å². The van der Waals surface area contributed by atoms with Gasteiger partial charge in [-0.3, -0.25) is 5.10 Å². The van der Waals surface area contributed by atoms with Gasteiger partial charge in [-0.2, -0.15) is 5.10 Å². The Kier molecular flexibility index (Phi) is 2.55. The molecule has 0 spiro atoms. The lowest BCUT2D eigenvalue weighted by Gasteiger charge is -2.05. The monoisotopic (exact) mass is 253 g/mol. The Morgan fingerprint density at radius 2 is 2.06 bits per heavy atom. The minimum absolute atomic E-state index is 0.0563. The number of hydrogen-bond donors (Lipinski definition) is 3. The summed E-state index contributed by atoms with van der Waals surface area (Å²) in [5.74, 6) is 0.161. The molecule has 2 rings (SSSR count). The molecule has 17 heavy (non-hydrogen) atoms. The summed E-state index contributed by atoms with van der Waals surface area (Å²) in [5.41, 5.74) is 6.58. The van der Waals surface area contributed by atoms with E-state index in [1.165, 1.54) is 24.4 Å². The minimum Gasteiger partial charge on any atom is -0.507 e. The molecular formula is C10H11N3O3S. The molecule has 6 nitrogen and oxygen atoms in total. The molecule has 2 aromatic rings. The Labute approximate surface area is 98.0 Å². The molecular weight excluding hydrogens is 242 g/mol. The van der Waals surface area contributed by atoms with E-state index in [1.54, 1.807) is 0 Å². The van der Waals surface area contributed by atoms with Crippen LogP contribution in [0.15, 0.2) is 29.3 Å². The van der Waals surface area contributed by atoms with Gasteiger partial charge < -0.3 is 10.8 Å². The molecule has 0 aliphatic carbocycles. The second kappa shape index (κ2) is 3.77. The number of nitrogens with zero attached hydrogens (tertiary/aromatic N) is 1. The number of aromatic hydroxyl groups is 1. The molecule has 0 aliphatic rings. The first-order chi connectivity index (χ1) is 7.89. The van der Waals surface area contributed by atoms with Gasteiger partial charge in [-0.05, 0) is 18.2 Å². The van der Waals surface area contributed by atoms with Crippen LogP contribution in [0.2, 0.25) is 0 Å². The van der Waals surface area contributed by atoms with Crippen molar-refractivity contribution in [2.24, 2.45) is 0 Å². The Balaban J connectivity index is 2.57. The van der Waals surface area contributed by atoms with Gasteiger partial charge in [0, 0.05) is 17.4 Å². The Hall–Kier alpha value is -2.02. The number of sulfone groups is 1. The van der Waals surface area contributed by atoms with E-state index in [9.17, 15) is 13.5 Å². The zero-order chi connectivity index (χ0) is 12.6. The smallest absolute Gasteiger partial charge is 0.175 e. The molecule has 4 N–H and O–H groups in total. The summed E-state index contributed by atoms with van der Waals surface area (Å²) in [6.45, 7) is 0. The number of nitrogens with one attached hydrogen (secondary N) is 1. The molecule has 0 amide bonds. The Morgan fingerprint density at radius 3 is 2.53 bits per heavy atom. The number of rotatable bonds is 2. The summed E-state index contributed by atoms with van der Waals surface area (Å²) in [5, 5.41) is 16.1. The van der Waals surface area contributed by atoms with Gasteiger partial charge >= 0.3 is 0 Å². The molecule has 0 atom stereocenters. The molecule has 0 bridgehead atoms. The maximum absolute atomic E-state index is 11.3. The van der Waals surface area contributed by atoms with Crippen LogP contribution in [0, 0.1) is 0 Å².